The van der Waals surface area contributed by atoms with Gasteiger partial charge in [-0.25, -0.2) is 4.79 Å². The summed E-state index contributed by atoms with van der Waals surface area (Å²) in [6.45, 7) is -2.92. The van der Waals surface area contributed by atoms with E-state index in [1.54, 1.807) is 24.3 Å². The smallest absolute Gasteiger partial charge is 0.435 e. The highest BCUT2D eigenvalue weighted by Gasteiger charge is 2.48. The molecule has 3 aromatic rings. The van der Waals surface area contributed by atoms with E-state index in [1.807, 2.05) is 0 Å². The molecule has 0 radical (unpaired) electrons. The molecule has 4 N–H and O–H groups in total. The Labute approximate surface area is 272 Å². The second kappa shape index (κ2) is 13.9. The van der Waals surface area contributed by atoms with E-state index in [0.29, 0.717) is 22.7 Å². The lowest BCUT2D eigenvalue weighted by atomic mass is 9.81. The fourth-order valence-corrected chi connectivity index (χ4v) is 5.14. The lowest BCUT2D eigenvalue weighted by Crippen LogP contribution is -2.56. The Hall–Kier alpha value is -3.60. The van der Waals surface area contributed by atoms with Crippen LogP contribution in [0.15, 0.2) is 66.4 Å². The second-order valence-electron chi connectivity index (χ2n) is 10.5. The molecule has 0 bridgehead atoms. The van der Waals surface area contributed by atoms with E-state index >= 15 is 0 Å². The number of carbonyl (C=O) groups is 1. The SMILES string of the molecule is Cn1nc(C(F)(F)F)cc1C1=CC=C(OCc2ccc(Cl)cc2)C(c2ccc(Cl)c(C(F)(F)F)c2)C1OC(=O)C(O)(CO)C(O)CO. The molecule has 2 aromatic carbocycles. The predicted molar refractivity (Wildman–Crippen MR) is 155 cm³/mol. The summed E-state index contributed by atoms with van der Waals surface area (Å²) < 4.78 is 95.1. The second-order valence-corrected chi connectivity index (χ2v) is 11.3. The zero-order valence-corrected chi connectivity index (χ0v) is 25.6. The van der Waals surface area contributed by atoms with Crippen molar-refractivity contribution in [3.63, 3.8) is 0 Å². The summed E-state index contributed by atoms with van der Waals surface area (Å²) in [6.07, 6.45) is -11.6. The fraction of sp³-hybridized carbons (Fsp3) is 0.333. The number of alkyl halides is 6. The lowest BCUT2D eigenvalue weighted by molar-refractivity contribution is -0.191. The number of hydrogen-bond donors (Lipinski definition) is 4. The minimum atomic E-state index is -4.97. The molecule has 9 nitrogen and oxygen atoms in total. The van der Waals surface area contributed by atoms with Crippen LogP contribution in [0.1, 0.15) is 34.0 Å². The third kappa shape index (κ3) is 7.77. The van der Waals surface area contributed by atoms with Gasteiger partial charge in [-0.05, 0) is 53.6 Å². The van der Waals surface area contributed by atoms with E-state index in [9.17, 15) is 51.6 Å². The topological polar surface area (TPSA) is 134 Å². The van der Waals surface area contributed by atoms with Gasteiger partial charge in [0.1, 0.15) is 24.6 Å². The average molecular weight is 711 g/mol. The van der Waals surface area contributed by atoms with Gasteiger partial charge in [-0.15, -0.1) is 0 Å². The molecule has 0 aliphatic heterocycles. The zero-order chi connectivity index (χ0) is 34.9. The number of hydrogen-bond acceptors (Lipinski definition) is 8. The first-order valence-corrected chi connectivity index (χ1v) is 14.3. The molecule has 4 rings (SSSR count). The van der Waals surface area contributed by atoms with Gasteiger partial charge in [-0.2, -0.15) is 31.4 Å². The van der Waals surface area contributed by atoms with E-state index in [0.717, 1.165) is 23.9 Å². The molecule has 47 heavy (non-hydrogen) atoms. The monoisotopic (exact) mass is 710 g/mol. The van der Waals surface area contributed by atoms with Crippen molar-refractivity contribution in [3.8, 4) is 0 Å². The van der Waals surface area contributed by atoms with Crippen molar-refractivity contribution in [1.82, 2.24) is 9.78 Å². The highest BCUT2D eigenvalue weighted by Crippen LogP contribution is 2.45. The van der Waals surface area contributed by atoms with Crippen molar-refractivity contribution >= 4 is 34.7 Å². The minimum absolute atomic E-state index is 0.134. The van der Waals surface area contributed by atoms with Crippen molar-refractivity contribution in [1.29, 1.82) is 0 Å². The Bertz CT molecular complexity index is 1670. The Morgan fingerprint density at radius 3 is 2.21 bits per heavy atom. The van der Waals surface area contributed by atoms with Crippen molar-refractivity contribution in [2.45, 2.75) is 42.7 Å². The van der Waals surface area contributed by atoms with Crippen molar-refractivity contribution in [3.05, 3.63) is 105 Å². The highest BCUT2D eigenvalue weighted by atomic mass is 35.5. The van der Waals surface area contributed by atoms with Crippen LogP contribution in [0.25, 0.3) is 5.57 Å². The Morgan fingerprint density at radius 1 is 1.00 bits per heavy atom. The number of benzene rings is 2. The van der Waals surface area contributed by atoms with Gasteiger partial charge in [0, 0.05) is 17.6 Å². The first-order valence-electron chi connectivity index (χ1n) is 13.5. The number of allylic oxidation sites excluding steroid dienone is 2. The normalized spacial score (nSPS) is 19.0. The number of ether oxygens (including phenoxy) is 2. The summed E-state index contributed by atoms with van der Waals surface area (Å²) in [5, 5.41) is 43.2. The number of carbonyl (C=O) groups excluding carboxylic acids is 1. The molecule has 0 spiro atoms. The molecule has 0 amide bonds. The van der Waals surface area contributed by atoms with Crippen LogP contribution in [0.2, 0.25) is 10.0 Å². The molecule has 254 valence electrons. The number of aliphatic hydroxyl groups excluding tert-OH is 3. The van der Waals surface area contributed by atoms with Crippen molar-refractivity contribution in [2.24, 2.45) is 7.05 Å². The maximum Gasteiger partial charge on any atom is 0.435 e. The van der Waals surface area contributed by atoms with Crippen molar-refractivity contribution in [2.75, 3.05) is 13.2 Å². The molecule has 0 fully saturated rings. The molecule has 1 heterocycles. The Balaban J connectivity index is 1.94. The molecular formula is C30H26Cl2F6N2O7. The quantitative estimate of drug-likeness (QED) is 0.170. The predicted octanol–water partition coefficient (Wildman–Crippen LogP) is 5.03. The summed E-state index contributed by atoms with van der Waals surface area (Å²) >= 11 is 11.8. The maximum atomic E-state index is 14.0. The first-order chi connectivity index (χ1) is 21.9. The number of aryl methyl sites for hydroxylation is 1. The van der Waals surface area contributed by atoms with Crippen LogP contribution in [0.5, 0.6) is 0 Å². The standard InChI is InChI=1S/C30H26Cl2F6N2O7/c1-40-21(11-23(39-40)30(36,37)38)18-7-9-22(46-13-15-2-5-17(31)6-3-15)25(16-4-8-20(32)19(10-16)29(33,34)35)26(18)47-27(44)28(45,14-42)24(43)12-41/h2-11,24-26,41-43,45H,12-14H2,1H3. The number of nitrogens with zero attached hydrogens (tertiary/aromatic N) is 2. The molecule has 1 aliphatic carbocycles. The summed E-state index contributed by atoms with van der Waals surface area (Å²) in [5.41, 5.74) is -6.02. The summed E-state index contributed by atoms with van der Waals surface area (Å²) in [4.78, 5) is 13.4. The highest BCUT2D eigenvalue weighted by molar-refractivity contribution is 6.31. The van der Waals surface area contributed by atoms with Crippen LogP contribution in [0.4, 0.5) is 26.3 Å². The number of halogens is 8. The Morgan fingerprint density at radius 2 is 1.66 bits per heavy atom. The van der Waals surface area contributed by atoms with Crippen LogP contribution in [-0.2, 0) is 40.3 Å². The lowest BCUT2D eigenvalue weighted by Gasteiger charge is -2.36. The largest absolute Gasteiger partial charge is 0.492 e. The average Bonchev–Trinajstić information content (AvgIpc) is 3.41. The van der Waals surface area contributed by atoms with Gasteiger partial charge in [0.2, 0.25) is 5.60 Å². The van der Waals surface area contributed by atoms with Gasteiger partial charge in [0.25, 0.3) is 0 Å². The molecule has 1 aromatic heterocycles. The molecule has 17 heteroatoms. The van der Waals surface area contributed by atoms with Gasteiger partial charge in [-0.3, -0.25) is 4.68 Å². The van der Waals surface area contributed by atoms with E-state index < -0.39 is 71.5 Å². The third-order valence-corrected chi connectivity index (χ3v) is 7.92. The summed E-state index contributed by atoms with van der Waals surface area (Å²) in [6, 6.07) is 9.60. The van der Waals surface area contributed by atoms with E-state index in [-0.39, 0.29) is 29.2 Å². The van der Waals surface area contributed by atoms with E-state index in [4.69, 9.17) is 32.7 Å². The van der Waals surface area contributed by atoms with Crippen LogP contribution in [-0.4, -0.2) is 67.2 Å². The van der Waals surface area contributed by atoms with Crippen LogP contribution in [0, 0.1) is 0 Å². The Kier molecular flexibility index (Phi) is 10.7. The van der Waals surface area contributed by atoms with Gasteiger partial charge in [0.05, 0.1) is 35.4 Å². The van der Waals surface area contributed by atoms with Crippen LogP contribution in [0.3, 0.4) is 0 Å². The van der Waals surface area contributed by atoms with Gasteiger partial charge >= 0.3 is 18.3 Å². The number of aromatic nitrogens is 2. The van der Waals surface area contributed by atoms with Gasteiger partial charge < -0.3 is 29.9 Å². The van der Waals surface area contributed by atoms with Gasteiger partial charge in [0.15, 0.2) is 5.69 Å². The molecule has 1 aliphatic rings. The van der Waals surface area contributed by atoms with Gasteiger partial charge in [-0.1, -0.05) is 41.4 Å². The number of rotatable bonds is 10. The maximum absolute atomic E-state index is 14.0. The van der Waals surface area contributed by atoms with E-state index in [2.05, 4.69) is 5.10 Å². The van der Waals surface area contributed by atoms with Crippen LogP contribution < -0.4 is 0 Å². The number of aliphatic hydroxyl groups is 4. The van der Waals surface area contributed by atoms with E-state index in [1.165, 1.54) is 12.2 Å². The van der Waals surface area contributed by atoms with Crippen molar-refractivity contribution < 1.29 is 61.0 Å². The number of esters is 1. The third-order valence-electron chi connectivity index (χ3n) is 7.34. The summed E-state index contributed by atoms with van der Waals surface area (Å²) in [5.74, 6) is -3.45. The zero-order valence-electron chi connectivity index (χ0n) is 24.1. The first kappa shape index (κ1) is 36.2. The fourth-order valence-electron chi connectivity index (χ4n) is 4.79. The molecule has 4 atom stereocenters. The van der Waals surface area contributed by atoms with Crippen LogP contribution >= 0.6 is 23.2 Å². The molecular weight excluding hydrogens is 685 g/mol. The molecule has 4 unspecified atom stereocenters. The summed E-state index contributed by atoms with van der Waals surface area (Å²) in [7, 11) is 1.14. The minimum Gasteiger partial charge on any atom is -0.492 e. The molecule has 0 saturated carbocycles. The molecule has 0 saturated heterocycles.